The highest BCUT2D eigenvalue weighted by Crippen LogP contribution is 2.32. The van der Waals surface area contributed by atoms with Crippen LogP contribution in [-0.2, 0) is 0 Å². The third-order valence-corrected chi connectivity index (χ3v) is 3.36. The molecule has 106 valence electrons. The molecule has 0 fully saturated rings. The van der Waals surface area contributed by atoms with Gasteiger partial charge >= 0.3 is 0 Å². The zero-order valence-corrected chi connectivity index (χ0v) is 12.1. The van der Waals surface area contributed by atoms with Crippen LogP contribution in [0.15, 0.2) is 42.5 Å². The maximum atomic E-state index is 13.4. The summed E-state index contributed by atoms with van der Waals surface area (Å²) in [6.07, 6.45) is -0.709. The Balaban J connectivity index is 2.52. The second kappa shape index (κ2) is 6.06. The number of rotatable bonds is 4. The SMILES string of the molecule is CCN(c1cccc(C)c1)c1ccc(F)cc1[C@@H](C)O. The van der Waals surface area contributed by atoms with Gasteiger partial charge in [-0.2, -0.15) is 0 Å². The van der Waals surface area contributed by atoms with Crippen molar-refractivity contribution in [3.63, 3.8) is 0 Å². The predicted octanol–water partition coefficient (Wildman–Crippen LogP) is 4.35. The lowest BCUT2D eigenvalue weighted by Crippen LogP contribution is -2.18. The van der Waals surface area contributed by atoms with Gasteiger partial charge in [0.15, 0.2) is 0 Å². The molecule has 0 aliphatic carbocycles. The van der Waals surface area contributed by atoms with E-state index in [9.17, 15) is 9.50 Å². The third-order valence-electron chi connectivity index (χ3n) is 3.36. The molecule has 0 heterocycles. The summed E-state index contributed by atoms with van der Waals surface area (Å²) in [4.78, 5) is 2.08. The molecule has 3 heteroatoms. The molecule has 2 nitrogen and oxygen atoms in total. The van der Waals surface area contributed by atoms with Gasteiger partial charge in [0.05, 0.1) is 6.10 Å². The molecule has 2 aromatic carbocycles. The summed E-state index contributed by atoms with van der Waals surface area (Å²) >= 11 is 0. The molecule has 0 aliphatic heterocycles. The summed E-state index contributed by atoms with van der Waals surface area (Å²) in [5, 5.41) is 9.88. The van der Waals surface area contributed by atoms with Crippen LogP contribution in [-0.4, -0.2) is 11.7 Å². The molecule has 0 unspecified atom stereocenters. The van der Waals surface area contributed by atoms with Crippen molar-refractivity contribution in [3.8, 4) is 0 Å². The molecule has 20 heavy (non-hydrogen) atoms. The lowest BCUT2D eigenvalue weighted by molar-refractivity contribution is 0.199. The number of halogens is 1. The van der Waals surface area contributed by atoms with Gasteiger partial charge in [0.2, 0.25) is 0 Å². The fourth-order valence-electron chi connectivity index (χ4n) is 2.39. The highest BCUT2D eigenvalue weighted by Gasteiger charge is 2.15. The minimum absolute atomic E-state index is 0.329. The van der Waals surface area contributed by atoms with Gasteiger partial charge in [-0.15, -0.1) is 0 Å². The van der Waals surface area contributed by atoms with Crippen molar-refractivity contribution in [2.24, 2.45) is 0 Å². The van der Waals surface area contributed by atoms with Crippen molar-refractivity contribution in [2.45, 2.75) is 26.9 Å². The molecular formula is C17H20FNO. The number of hydrogen-bond donors (Lipinski definition) is 1. The minimum Gasteiger partial charge on any atom is -0.389 e. The van der Waals surface area contributed by atoms with Gasteiger partial charge in [0, 0.05) is 23.5 Å². The number of aliphatic hydroxyl groups is 1. The molecular weight excluding hydrogens is 253 g/mol. The second-order valence-electron chi connectivity index (χ2n) is 4.96. The zero-order chi connectivity index (χ0) is 14.7. The number of benzene rings is 2. The van der Waals surface area contributed by atoms with Crippen LogP contribution in [0.4, 0.5) is 15.8 Å². The largest absolute Gasteiger partial charge is 0.389 e. The predicted molar refractivity (Wildman–Crippen MR) is 80.9 cm³/mol. The van der Waals surface area contributed by atoms with Gasteiger partial charge in [-0.3, -0.25) is 0 Å². The number of nitrogens with zero attached hydrogens (tertiary/aromatic N) is 1. The Morgan fingerprint density at radius 1 is 1.20 bits per heavy atom. The van der Waals surface area contributed by atoms with Crippen LogP contribution >= 0.6 is 0 Å². The number of aliphatic hydroxyl groups excluding tert-OH is 1. The minimum atomic E-state index is -0.709. The molecule has 0 aromatic heterocycles. The lowest BCUT2D eigenvalue weighted by Gasteiger charge is -2.27. The quantitative estimate of drug-likeness (QED) is 0.895. The molecule has 0 bridgehead atoms. The van der Waals surface area contributed by atoms with E-state index in [1.807, 2.05) is 32.0 Å². The van der Waals surface area contributed by atoms with Crippen molar-refractivity contribution in [2.75, 3.05) is 11.4 Å². The number of anilines is 2. The second-order valence-corrected chi connectivity index (χ2v) is 4.96. The maximum Gasteiger partial charge on any atom is 0.123 e. The molecule has 0 radical (unpaired) electrons. The topological polar surface area (TPSA) is 23.5 Å². The Labute approximate surface area is 119 Å². The van der Waals surface area contributed by atoms with E-state index in [-0.39, 0.29) is 5.82 Å². The van der Waals surface area contributed by atoms with Crippen LogP contribution in [0.2, 0.25) is 0 Å². The highest BCUT2D eigenvalue weighted by molar-refractivity contribution is 5.67. The van der Waals surface area contributed by atoms with Gasteiger partial charge in [0.1, 0.15) is 5.82 Å². The summed E-state index contributed by atoms with van der Waals surface area (Å²) in [7, 11) is 0. The molecule has 0 amide bonds. The van der Waals surface area contributed by atoms with Crippen LogP contribution < -0.4 is 4.90 Å². The number of aryl methyl sites for hydroxylation is 1. The van der Waals surface area contributed by atoms with Crippen molar-refractivity contribution in [1.82, 2.24) is 0 Å². The summed E-state index contributed by atoms with van der Waals surface area (Å²) < 4.78 is 13.4. The van der Waals surface area contributed by atoms with Crippen LogP contribution in [0.25, 0.3) is 0 Å². The van der Waals surface area contributed by atoms with E-state index in [1.165, 1.54) is 17.7 Å². The Morgan fingerprint density at radius 3 is 2.55 bits per heavy atom. The molecule has 2 aromatic rings. The first-order valence-corrected chi connectivity index (χ1v) is 6.84. The van der Waals surface area contributed by atoms with Crippen LogP contribution in [0.1, 0.15) is 31.1 Å². The van der Waals surface area contributed by atoms with Crippen molar-refractivity contribution in [1.29, 1.82) is 0 Å². The molecule has 0 saturated carbocycles. The molecule has 1 N–H and O–H groups in total. The Bertz CT molecular complexity index is 595. The van der Waals surface area contributed by atoms with E-state index in [1.54, 1.807) is 13.0 Å². The summed E-state index contributed by atoms with van der Waals surface area (Å²) in [6.45, 7) is 6.48. The first kappa shape index (κ1) is 14.5. The average Bonchev–Trinajstić information content (AvgIpc) is 2.41. The zero-order valence-electron chi connectivity index (χ0n) is 12.1. The van der Waals surface area contributed by atoms with Gasteiger partial charge in [-0.25, -0.2) is 4.39 Å². The first-order chi connectivity index (χ1) is 9.52. The lowest BCUT2D eigenvalue weighted by atomic mass is 10.1. The first-order valence-electron chi connectivity index (χ1n) is 6.84. The fraction of sp³-hybridized carbons (Fsp3) is 0.294. The Morgan fingerprint density at radius 2 is 1.95 bits per heavy atom. The summed E-state index contributed by atoms with van der Waals surface area (Å²) in [5.41, 5.74) is 3.66. The van der Waals surface area contributed by atoms with E-state index < -0.39 is 6.10 Å². The monoisotopic (exact) mass is 273 g/mol. The van der Waals surface area contributed by atoms with Gasteiger partial charge in [0.25, 0.3) is 0 Å². The van der Waals surface area contributed by atoms with Crippen molar-refractivity contribution >= 4 is 11.4 Å². The standard InChI is InChI=1S/C17H20FNO/c1-4-19(15-7-5-6-12(2)10-15)17-9-8-14(18)11-16(17)13(3)20/h5-11,13,20H,4H2,1-3H3/t13-/m1/s1. The molecule has 0 saturated heterocycles. The number of hydrogen-bond acceptors (Lipinski definition) is 2. The van der Waals surface area contributed by atoms with E-state index in [2.05, 4.69) is 11.0 Å². The average molecular weight is 273 g/mol. The molecule has 1 atom stereocenters. The molecule has 2 rings (SSSR count). The van der Waals surface area contributed by atoms with E-state index in [0.717, 1.165) is 17.9 Å². The normalized spacial score (nSPS) is 12.2. The summed E-state index contributed by atoms with van der Waals surface area (Å²) in [5.74, 6) is -0.329. The van der Waals surface area contributed by atoms with E-state index in [4.69, 9.17) is 0 Å². The van der Waals surface area contributed by atoms with Gasteiger partial charge in [-0.05, 0) is 56.7 Å². The van der Waals surface area contributed by atoms with Crippen molar-refractivity contribution in [3.05, 3.63) is 59.4 Å². The third kappa shape index (κ3) is 2.99. The van der Waals surface area contributed by atoms with Crippen LogP contribution in [0.3, 0.4) is 0 Å². The summed E-state index contributed by atoms with van der Waals surface area (Å²) in [6, 6.07) is 12.7. The van der Waals surface area contributed by atoms with Gasteiger partial charge < -0.3 is 10.0 Å². The van der Waals surface area contributed by atoms with Crippen molar-refractivity contribution < 1.29 is 9.50 Å². The Kier molecular flexibility index (Phi) is 4.40. The maximum absolute atomic E-state index is 13.4. The van der Waals surface area contributed by atoms with Gasteiger partial charge in [-0.1, -0.05) is 12.1 Å². The van der Waals surface area contributed by atoms with Crippen LogP contribution in [0.5, 0.6) is 0 Å². The Hall–Kier alpha value is -1.87. The molecule has 0 spiro atoms. The highest BCUT2D eigenvalue weighted by atomic mass is 19.1. The molecule has 0 aliphatic rings. The smallest absolute Gasteiger partial charge is 0.123 e. The van der Waals surface area contributed by atoms with Crippen LogP contribution in [0, 0.1) is 12.7 Å². The van der Waals surface area contributed by atoms with E-state index >= 15 is 0 Å². The fourth-order valence-corrected chi connectivity index (χ4v) is 2.39. The van der Waals surface area contributed by atoms with E-state index in [0.29, 0.717) is 5.56 Å².